The monoisotopic (exact) mass is 351 g/mol. The van der Waals surface area contributed by atoms with E-state index in [9.17, 15) is 13.2 Å². The van der Waals surface area contributed by atoms with E-state index >= 15 is 0 Å². The molecule has 2 aliphatic rings. The van der Waals surface area contributed by atoms with Crippen LogP contribution < -0.4 is 10.6 Å². The Labute approximate surface area is 143 Å². The maximum atomic E-state index is 12.6. The van der Waals surface area contributed by atoms with Crippen molar-refractivity contribution in [3.63, 3.8) is 0 Å². The van der Waals surface area contributed by atoms with Crippen LogP contribution in [0.15, 0.2) is 23.4 Å². The molecule has 1 saturated carbocycles. The van der Waals surface area contributed by atoms with Crippen molar-refractivity contribution in [2.24, 2.45) is 17.8 Å². The molecule has 2 fully saturated rings. The van der Waals surface area contributed by atoms with Gasteiger partial charge in [0.2, 0.25) is 5.91 Å². The molecular formula is C17H25N3O3S. The standard InChI is InChI=1S/C17H25N3O3S/c1-10(2)11-4-5-14-13(8-11)17(21)20-16(19-14)12-6-7-18-15(9-12)24(3,22)23/h6-7,9-11,13-14,16,19H,4-5,8H2,1-3H3,(H,20,21). The topological polar surface area (TPSA) is 88.2 Å². The van der Waals surface area contributed by atoms with Gasteiger partial charge in [0, 0.05) is 18.5 Å². The third-order valence-electron chi connectivity index (χ3n) is 5.31. The summed E-state index contributed by atoms with van der Waals surface area (Å²) in [4.78, 5) is 16.5. The molecule has 1 aliphatic heterocycles. The smallest absolute Gasteiger partial charge is 0.226 e. The van der Waals surface area contributed by atoms with Crippen molar-refractivity contribution < 1.29 is 13.2 Å². The van der Waals surface area contributed by atoms with Crippen LogP contribution in [0.2, 0.25) is 0 Å². The highest BCUT2D eigenvalue weighted by molar-refractivity contribution is 7.90. The molecule has 2 N–H and O–H groups in total. The summed E-state index contributed by atoms with van der Waals surface area (Å²) in [6, 6.07) is 3.42. The molecule has 132 valence electrons. The summed E-state index contributed by atoms with van der Waals surface area (Å²) < 4.78 is 23.4. The molecule has 0 radical (unpaired) electrons. The molecular weight excluding hydrogens is 326 g/mol. The molecule has 1 saturated heterocycles. The normalized spacial score (nSPS) is 30.8. The van der Waals surface area contributed by atoms with E-state index in [-0.39, 0.29) is 29.1 Å². The van der Waals surface area contributed by atoms with E-state index in [0.29, 0.717) is 11.8 Å². The van der Waals surface area contributed by atoms with Gasteiger partial charge in [0.1, 0.15) is 6.17 Å². The van der Waals surface area contributed by atoms with Gasteiger partial charge in [-0.05, 0) is 48.8 Å². The van der Waals surface area contributed by atoms with E-state index in [0.717, 1.165) is 31.1 Å². The summed E-state index contributed by atoms with van der Waals surface area (Å²) in [5.41, 5.74) is 0.725. The number of aromatic nitrogens is 1. The van der Waals surface area contributed by atoms with Crippen LogP contribution in [0.1, 0.15) is 44.8 Å². The number of nitrogens with zero attached hydrogens (tertiary/aromatic N) is 1. The first-order valence-corrected chi connectivity index (χ1v) is 10.4. The summed E-state index contributed by atoms with van der Waals surface area (Å²) in [6.45, 7) is 4.43. The highest BCUT2D eigenvalue weighted by atomic mass is 32.2. The van der Waals surface area contributed by atoms with Crippen LogP contribution in [0.5, 0.6) is 0 Å². The van der Waals surface area contributed by atoms with Gasteiger partial charge in [-0.15, -0.1) is 0 Å². The quantitative estimate of drug-likeness (QED) is 0.864. The van der Waals surface area contributed by atoms with Crippen molar-refractivity contribution in [1.82, 2.24) is 15.6 Å². The van der Waals surface area contributed by atoms with E-state index in [1.54, 1.807) is 6.07 Å². The van der Waals surface area contributed by atoms with E-state index < -0.39 is 9.84 Å². The molecule has 1 amide bonds. The lowest BCUT2D eigenvalue weighted by Gasteiger charge is -2.43. The molecule has 24 heavy (non-hydrogen) atoms. The van der Waals surface area contributed by atoms with E-state index in [4.69, 9.17) is 0 Å². The summed E-state index contributed by atoms with van der Waals surface area (Å²) in [7, 11) is -3.37. The van der Waals surface area contributed by atoms with Crippen molar-refractivity contribution in [1.29, 1.82) is 0 Å². The number of hydrogen-bond donors (Lipinski definition) is 2. The van der Waals surface area contributed by atoms with Crippen molar-refractivity contribution in [2.75, 3.05) is 6.26 Å². The zero-order chi connectivity index (χ0) is 17.5. The van der Waals surface area contributed by atoms with Crippen LogP contribution >= 0.6 is 0 Å². The van der Waals surface area contributed by atoms with Gasteiger partial charge in [-0.2, -0.15) is 0 Å². The average molecular weight is 351 g/mol. The van der Waals surface area contributed by atoms with Crippen LogP contribution in [0.4, 0.5) is 0 Å². The Balaban J connectivity index is 1.79. The Kier molecular flexibility index (Phi) is 4.66. The molecule has 0 bridgehead atoms. The number of carbonyl (C=O) groups excluding carboxylic acids is 1. The zero-order valence-corrected chi connectivity index (χ0v) is 15.1. The highest BCUT2D eigenvalue weighted by Crippen LogP contribution is 2.37. The molecule has 0 aromatic carbocycles. The molecule has 3 rings (SSSR count). The number of carbonyl (C=O) groups is 1. The molecule has 0 spiro atoms. The van der Waals surface area contributed by atoms with Crippen molar-refractivity contribution in [3.05, 3.63) is 23.9 Å². The minimum atomic E-state index is -3.37. The first-order chi connectivity index (χ1) is 11.3. The molecule has 1 aromatic heterocycles. The Morgan fingerprint density at radius 3 is 2.71 bits per heavy atom. The maximum absolute atomic E-state index is 12.6. The molecule has 2 heterocycles. The largest absolute Gasteiger partial charge is 0.336 e. The number of hydrogen-bond acceptors (Lipinski definition) is 5. The first-order valence-electron chi connectivity index (χ1n) is 8.48. The number of nitrogens with one attached hydrogen (secondary N) is 2. The second-order valence-corrected chi connectivity index (χ2v) is 9.30. The van der Waals surface area contributed by atoms with E-state index in [2.05, 4.69) is 29.5 Å². The zero-order valence-electron chi connectivity index (χ0n) is 14.3. The fourth-order valence-corrected chi connectivity index (χ4v) is 4.39. The molecule has 1 aliphatic carbocycles. The third kappa shape index (κ3) is 3.47. The van der Waals surface area contributed by atoms with Crippen LogP contribution in [0.3, 0.4) is 0 Å². The Bertz CT molecular complexity index is 732. The van der Waals surface area contributed by atoms with Gasteiger partial charge in [-0.1, -0.05) is 13.8 Å². The highest BCUT2D eigenvalue weighted by Gasteiger charge is 2.41. The minimum Gasteiger partial charge on any atom is -0.336 e. The first kappa shape index (κ1) is 17.4. The summed E-state index contributed by atoms with van der Waals surface area (Å²) in [5.74, 6) is 1.24. The van der Waals surface area contributed by atoms with Gasteiger partial charge >= 0.3 is 0 Å². The number of fused-ring (bicyclic) bond motifs is 1. The van der Waals surface area contributed by atoms with E-state index in [1.807, 2.05) is 0 Å². The van der Waals surface area contributed by atoms with Crippen LogP contribution in [-0.4, -0.2) is 31.6 Å². The lowest BCUT2D eigenvalue weighted by atomic mass is 9.72. The second kappa shape index (κ2) is 6.44. The number of sulfone groups is 1. The Morgan fingerprint density at radius 1 is 1.29 bits per heavy atom. The molecule has 7 heteroatoms. The predicted molar refractivity (Wildman–Crippen MR) is 90.8 cm³/mol. The summed E-state index contributed by atoms with van der Waals surface area (Å²) in [6.07, 6.45) is 5.26. The fraction of sp³-hybridized carbons (Fsp3) is 0.647. The fourth-order valence-electron chi connectivity index (χ4n) is 3.79. The SMILES string of the molecule is CC(C)C1CCC2NC(c3ccnc(S(C)(=O)=O)c3)NC(=O)C2C1. The Hall–Kier alpha value is -1.47. The van der Waals surface area contributed by atoms with Gasteiger partial charge < -0.3 is 5.32 Å². The van der Waals surface area contributed by atoms with Gasteiger partial charge in [-0.25, -0.2) is 13.4 Å². The van der Waals surface area contributed by atoms with Gasteiger partial charge in [0.25, 0.3) is 0 Å². The van der Waals surface area contributed by atoms with Crippen LogP contribution in [0, 0.1) is 17.8 Å². The third-order valence-corrected chi connectivity index (χ3v) is 6.29. The van der Waals surface area contributed by atoms with Gasteiger partial charge in [-0.3, -0.25) is 10.1 Å². The van der Waals surface area contributed by atoms with Gasteiger partial charge in [0.05, 0.1) is 5.92 Å². The number of amides is 1. The summed E-state index contributed by atoms with van der Waals surface area (Å²) in [5, 5.41) is 6.51. The van der Waals surface area contributed by atoms with Crippen molar-refractivity contribution in [3.8, 4) is 0 Å². The summed E-state index contributed by atoms with van der Waals surface area (Å²) >= 11 is 0. The molecule has 4 atom stereocenters. The van der Waals surface area contributed by atoms with Crippen molar-refractivity contribution >= 4 is 15.7 Å². The second-order valence-electron chi connectivity index (χ2n) is 7.34. The molecule has 4 unspecified atom stereocenters. The molecule has 6 nitrogen and oxygen atoms in total. The average Bonchev–Trinajstić information content (AvgIpc) is 2.53. The predicted octanol–water partition coefficient (Wildman–Crippen LogP) is 1.64. The van der Waals surface area contributed by atoms with Crippen LogP contribution in [-0.2, 0) is 14.6 Å². The number of pyridine rings is 1. The van der Waals surface area contributed by atoms with Crippen molar-refractivity contribution in [2.45, 2.75) is 50.3 Å². The lowest BCUT2D eigenvalue weighted by Crippen LogP contribution is -2.58. The minimum absolute atomic E-state index is 0.00128. The lowest BCUT2D eigenvalue weighted by molar-refractivity contribution is -0.132. The van der Waals surface area contributed by atoms with Crippen LogP contribution in [0.25, 0.3) is 0 Å². The number of rotatable bonds is 3. The Morgan fingerprint density at radius 2 is 2.04 bits per heavy atom. The van der Waals surface area contributed by atoms with Gasteiger partial charge in [0.15, 0.2) is 14.9 Å². The van der Waals surface area contributed by atoms with E-state index in [1.165, 1.54) is 12.3 Å². The maximum Gasteiger partial charge on any atom is 0.226 e. The molecule has 1 aromatic rings.